The molecular formula is C27H33N3O2S. The van der Waals surface area contributed by atoms with Crippen LogP contribution in [0.15, 0.2) is 66.0 Å². The molecule has 0 fully saturated rings. The van der Waals surface area contributed by atoms with Gasteiger partial charge in [-0.25, -0.2) is 4.79 Å². The van der Waals surface area contributed by atoms with Gasteiger partial charge in [-0.3, -0.25) is 4.79 Å². The van der Waals surface area contributed by atoms with E-state index in [0.717, 1.165) is 34.5 Å². The molecule has 0 spiro atoms. The van der Waals surface area contributed by atoms with Crippen molar-refractivity contribution in [2.24, 2.45) is 0 Å². The van der Waals surface area contributed by atoms with Crippen molar-refractivity contribution >= 4 is 29.0 Å². The zero-order valence-electron chi connectivity index (χ0n) is 19.7. The Labute approximate surface area is 201 Å². The van der Waals surface area contributed by atoms with E-state index < -0.39 is 0 Å². The molecule has 0 unspecified atom stereocenters. The number of rotatable bonds is 10. The molecule has 3 aromatic rings. The lowest BCUT2D eigenvalue weighted by Crippen LogP contribution is -2.44. The van der Waals surface area contributed by atoms with Gasteiger partial charge >= 0.3 is 6.03 Å². The maximum atomic E-state index is 13.4. The predicted octanol–water partition coefficient (Wildman–Crippen LogP) is 6.23. The summed E-state index contributed by atoms with van der Waals surface area (Å²) in [5.74, 6) is -0.0569. The smallest absolute Gasteiger partial charge is 0.322 e. The number of nitrogens with zero attached hydrogens (tertiary/aromatic N) is 2. The van der Waals surface area contributed by atoms with Crippen LogP contribution < -0.4 is 5.32 Å². The number of aryl methyl sites for hydroxylation is 2. The van der Waals surface area contributed by atoms with Gasteiger partial charge in [-0.1, -0.05) is 55.8 Å². The first-order chi connectivity index (χ1) is 16.0. The minimum Gasteiger partial charge on any atom is -0.332 e. The Hall–Kier alpha value is -3.12. The molecule has 0 saturated carbocycles. The van der Waals surface area contributed by atoms with E-state index in [-0.39, 0.29) is 18.5 Å². The SMILES string of the molecule is CCCCN(CC(=O)N(Cc1ccccc1)Cc1cccs1)C(=O)Nc1ccc(C)c(C)c1. The summed E-state index contributed by atoms with van der Waals surface area (Å²) < 4.78 is 0. The van der Waals surface area contributed by atoms with Gasteiger partial charge in [-0.15, -0.1) is 11.3 Å². The average molecular weight is 464 g/mol. The summed E-state index contributed by atoms with van der Waals surface area (Å²) in [7, 11) is 0. The van der Waals surface area contributed by atoms with E-state index in [1.54, 1.807) is 16.2 Å². The van der Waals surface area contributed by atoms with Gasteiger partial charge in [0.1, 0.15) is 6.54 Å². The van der Waals surface area contributed by atoms with Crippen LogP contribution in [0.1, 0.15) is 41.3 Å². The Morgan fingerprint density at radius 3 is 2.36 bits per heavy atom. The van der Waals surface area contributed by atoms with Gasteiger partial charge in [-0.05, 0) is 60.5 Å². The first-order valence-electron chi connectivity index (χ1n) is 11.4. The number of unbranched alkanes of at least 4 members (excludes halogenated alkanes) is 1. The van der Waals surface area contributed by atoms with Gasteiger partial charge < -0.3 is 15.1 Å². The molecule has 3 amide bonds. The van der Waals surface area contributed by atoms with Crippen molar-refractivity contribution in [2.75, 3.05) is 18.4 Å². The van der Waals surface area contributed by atoms with Crippen molar-refractivity contribution in [2.45, 2.75) is 46.7 Å². The molecule has 3 rings (SSSR count). The Bertz CT molecular complexity index is 1030. The molecule has 6 heteroatoms. The highest BCUT2D eigenvalue weighted by Gasteiger charge is 2.22. The molecule has 0 aliphatic rings. The van der Waals surface area contributed by atoms with Crippen molar-refractivity contribution in [1.29, 1.82) is 0 Å². The molecule has 0 atom stereocenters. The number of hydrogen-bond donors (Lipinski definition) is 1. The third-order valence-electron chi connectivity index (χ3n) is 5.65. The molecule has 0 aliphatic carbocycles. The van der Waals surface area contributed by atoms with Crippen LogP contribution in [-0.2, 0) is 17.9 Å². The fourth-order valence-electron chi connectivity index (χ4n) is 3.51. The first kappa shape index (κ1) is 24.5. The largest absolute Gasteiger partial charge is 0.332 e. The summed E-state index contributed by atoms with van der Waals surface area (Å²) in [5.41, 5.74) is 4.11. The lowest BCUT2D eigenvalue weighted by Gasteiger charge is -2.28. The number of amides is 3. The highest BCUT2D eigenvalue weighted by Crippen LogP contribution is 2.17. The summed E-state index contributed by atoms with van der Waals surface area (Å²) in [5, 5.41) is 5.00. The number of urea groups is 1. The van der Waals surface area contributed by atoms with Crippen LogP contribution in [0.5, 0.6) is 0 Å². The number of carbonyl (C=O) groups excluding carboxylic acids is 2. The van der Waals surface area contributed by atoms with E-state index in [9.17, 15) is 9.59 Å². The number of anilines is 1. The third kappa shape index (κ3) is 7.46. The number of hydrogen-bond acceptors (Lipinski definition) is 3. The fraction of sp³-hybridized carbons (Fsp3) is 0.333. The average Bonchev–Trinajstić information content (AvgIpc) is 3.32. The quantitative estimate of drug-likeness (QED) is 0.388. The number of carbonyl (C=O) groups is 2. The lowest BCUT2D eigenvalue weighted by molar-refractivity contribution is -0.133. The van der Waals surface area contributed by atoms with Gasteiger partial charge in [0.05, 0.1) is 6.54 Å². The van der Waals surface area contributed by atoms with Crippen molar-refractivity contribution in [3.63, 3.8) is 0 Å². The highest BCUT2D eigenvalue weighted by atomic mass is 32.1. The Kier molecular flexibility index (Phi) is 9.07. The van der Waals surface area contributed by atoms with Crippen LogP contribution in [0.2, 0.25) is 0 Å². The summed E-state index contributed by atoms with van der Waals surface area (Å²) in [6.45, 7) is 7.78. The zero-order valence-corrected chi connectivity index (χ0v) is 20.5. The second kappa shape index (κ2) is 12.2. The molecule has 2 aromatic carbocycles. The molecule has 5 nitrogen and oxygen atoms in total. The van der Waals surface area contributed by atoms with Crippen LogP contribution in [0, 0.1) is 13.8 Å². The van der Waals surface area contributed by atoms with Gasteiger partial charge in [0, 0.05) is 23.7 Å². The van der Waals surface area contributed by atoms with Gasteiger partial charge in [0.15, 0.2) is 0 Å². The van der Waals surface area contributed by atoms with E-state index in [1.165, 1.54) is 5.56 Å². The van der Waals surface area contributed by atoms with Crippen LogP contribution in [0.4, 0.5) is 10.5 Å². The molecule has 0 bridgehead atoms. The molecule has 33 heavy (non-hydrogen) atoms. The molecule has 1 aromatic heterocycles. The van der Waals surface area contributed by atoms with E-state index in [1.807, 2.05) is 84.8 Å². The van der Waals surface area contributed by atoms with Crippen LogP contribution >= 0.6 is 11.3 Å². The molecule has 0 saturated heterocycles. The minimum atomic E-state index is -0.240. The molecule has 0 aliphatic heterocycles. The molecule has 174 valence electrons. The Morgan fingerprint density at radius 1 is 0.909 bits per heavy atom. The maximum absolute atomic E-state index is 13.4. The van der Waals surface area contributed by atoms with Gasteiger partial charge in [-0.2, -0.15) is 0 Å². The zero-order chi connectivity index (χ0) is 23.6. The molecule has 0 radical (unpaired) electrons. The standard InChI is InChI=1S/C27H33N3O2S/c1-4-5-15-29(27(32)28-24-14-13-21(2)22(3)17-24)20-26(31)30(19-25-12-9-16-33-25)18-23-10-7-6-8-11-23/h6-14,16-17H,4-5,15,18-20H2,1-3H3,(H,28,32). The van der Waals surface area contributed by atoms with Crippen molar-refractivity contribution in [3.05, 3.63) is 87.6 Å². The predicted molar refractivity (Wildman–Crippen MR) is 136 cm³/mol. The fourth-order valence-corrected chi connectivity index (χ4v) is 4.23. The summed E-state index contributed by atoms with van der Waals surface area (Å²) in [4.78, 5) is 31.1. The lowest BCUT2D eigenvalue weighted by atomic mass is 10.1. The second-order valence-corrected chi connectivity index (χ2v) is 9.35. The number of benzene rings is 2. The molecule has 1 N–H and O–H groups in total. The second-order valence-electron chi connectivity index (χ2n) is 8.32. The van der Waals surface area contributed by atoms with E-state index in [4.69, 9.17) is 0 Å². The summed E-state index contributed by atoms with van der Waals surface area (Å²) in [6.07, 6.45) is 1.79. The molecular weight excluding hydrogens is 430 g/mol. The highest BCUT2D eigenvalue weighted by molar-refractivity contribution is 7.09. The van der Waals surface area contributed by atoms with Crippen molar-refractivity contribution < 1.29 is 9.59 Å². The van der Waals surface area contributed by atoms with E-state index in [0.29, 0.717) is 19.6 Å². The van der Waals surface area contributed by atoms with Gasteiger partial charge in [0.2, 0.25) is 5.91 Å². The van der Waals surface area contributed by atoms with E-state index >= 15 is 0 Å². The topological polar surface area (TPSA) is 52.7 Å². The summed E-state index contributed by atoms with van der Waals surface area (Å²) >= 11 is 1.64. The third-order valence-corrected chi connectivity index (χ3v) is 6.51. The Balaban J connectivity index is 1.74. The normalized spacial score (nSPS) is 10.6. The van der Waals surface area contributed by atoms with Crippen LogP contribution in [0.3, 0.4) is 0 Å². The maximum Gasteiger partial charge on any atom is 0.322 e. The first-order valence-corrected chi connectivity index (χ1v) is 12.3. The Morgan fingerprint density at radius 2 is 1.70 bits per heavy atom. The van der Waals surface area contributed by atoms with Crippen LogP contribution in [0.25, 0.3) is 0 Å². The van der Waals surface area contributed by atoms with Crippen molar-refractivity contribution in [1.82, 2.24) is 9.80 Å². The summed E-state index contributed by atoms with van der Waals surface area (Å²) in [6, 6.07) is 19.6. The van der Waals surface area contributed by atoms with E-state index in [2.05, 4.69) is 12.2 Å². The minimum absolute atomic E-state index is 0.0505. The molecule has 1 heterocycles. The van der Waals surface area contributed by atoms with Crippen molar-refractivity contribution in [3.8, 4) is 0 Å². The number of thiophene rings is 1. The monoisotopic (exact) mass is 463 g/mol. The van der Waals surface area contributed by atoms with Crippen LogP contribution in [-0.4, -0.2) is 34.8 Å². The van der Waals surface area contributed by atoms with Gasteiger partial charge in [0.25, 0.3) is 0 Å². The number of nitrogens with one attached hydrogen (secondary N) is 1.